The van der Waals surface area contributed by atoms with Gasteiger partial charge in [0, 0.05) is 11.7 Å². The Balaban J connectivity index is 1.87. The standard InChI is InChI=1S/C19H29NO2/c21-19(22)16-12-14-18(15-13-16)20-17-10-8-6-4-2-1-3-5-7-9-11-17/h12-15,17,20H,1-11H2,(H,21,22). The molecule has 122 valence electrons. The molecule has 2 rings (SSSR count). The van der Waals surface area contributed by atoms with Crippen LogP contribution in [-0.4, -0.2) is 17.1 Å². The molecule has 1 aliphatic rings. The van der Waals surface area contributed by atoms with Crippen molar-refractivity contribution >= 4 is 11.7 Å². The fourth-order valence-electron chi connectivity index (χ4n) is 3.25. The van der Waals surface area contributed by atoms with Crippen molar-refractivity contribution in [3.63, 3.8) is 0 Å². The summed E-state index contributed by atoms with van der Waals surface area (Å²) >= 11 is 0. The molecule has 0 unspecified atom stereocenters. The molecule has 0 radical (unpaired) electrons. The van der Waals surface area contributed by atoms with E-state index in [0.29, 0.717) is 11.6 Å². The molecule has 3 nitrogen and oxygen atoms in total. The summed E-state index contributed by atoms with van der Waals surface area (Å²) in [6.07, 6.45) is 14.7. The Hall–Kier alpha value is -1.51. The molecule has 2 N–H and O–H groups in total. The maximum absolute atomic E-state index is 10.9. The zero-order chi connectivity index (χ0) is 15.6. The second-order valence-electron chi connectivity index (χ2n) is 6.48. The summed E-state index contributed by atoms with van der Waals surface area (Å²) in [5, 5.41) is 12.6. The molecular formula is C19H29NO2. The van der Waals surface area contributed by atoms with E-state index in [1.165, 1.54) is 70.6 Å². The number of carbonyl (C=O) groups is 1. The van der Waals surface area contributed by atoms with Gasteiger partial charge in [0.25, 0.3) is 0 Å². The van der Waals surface area contributed by atoms with E-state index in [1.807, 2.05) is 12.1 Å². The Morgan fingerprint density at radius 2 is 1.27 bits per heavy atom. The van der Waals surface area contributed by atoms with Crippen LogP contribution >= 0.6 is 0 Å². The zero-order valence-electron chi connectivity index (χ0n) is 13.5. The number of carboxylic acid groups (broad SMARTS) is 1. The van der Waals surface area contributed by atoms with Gasteiger partial charge < -0.3 is 10.4 Å². The van der Waals surface area contributed by atoms with E-state index in [4.69, 9.17) is 5.11 Å². The SMILES string of the molecule is O=C(O)c1ccc(NC2CCCCCCCCCCC2)cc1. The largest absolute Gasteiger partial charge is 0.478 e. The topological polar surface area (TPSA) is 49.3 Å². The smallest absolute Gasteiger partial charge is 0.335 e. The lowest BCUT2D eigenvalue weighted by Gasteiger charge is -2.21. The Morgan fingerprint density at radius 1 is 0.818 bits per heavy atom. The molecule has 22 heavy (non-hydrogen) atoms. The van der Waals surface area contributed by atoms with Gasteiger partial charge in [-0.25, -0.2) is 4.79 Å². The van der Waals surface area contributed by atoms with Gasteiger partial charge in [-0.3, -0.25) is 0 Å². The van der Waals surface area contributed by atoms with Crippen molar-refractivity contribution in [3.8, 4) is 0 Å². The van der Waals surface area contributed by atoms with Crippen LogP contribution in [0.1, 0.15) is 81.0 Å². The first-order valence-electron chi connectivity index (χ1n) is 8.85. The summed E-state index contributed by atoms with van der Waals surface area (Å²) in [6, 6.07) is 7.66. The molecule has 0 aromatic heterocycles. The highest BCUT2D eigenvalue weighted by Crippen LogP contribution is 2.20. The van der Waals surface area contributed by atoms with Crippen molar-refractivity contribution in [3.05, 3.63) is 29.8 Å². The maximum Gasteiger partial charge on any atom is 0.335 e. The highest BCUT2D eigenvalue weighted by molar-refractivity contribution is 5.87. The summed E-state index contributed by atoms with van der Waals surface area (Å²) in [5.41, 5.74) is 1.39. The summed E-state index contributed by atoms with van der Waals surface area (Å²) in [7, 11) is 0. The van der Waals surface area contributed by atoms with Crippen LogP contribution in [0.25, 0.3) is 0 Å². The molecule has 1 saturated carbocycles. The average molecular weight is 303 g/mol. The lowest BCUT2D eigenvalue weighted by atomic mass is 9.97. The van der Waals surface area contributed by atoms with Crippen molar-refractivity contribution < 1.29 is 9.90 Å². The van der Waals surface area contributed by atoms with Gasteiger partial charge in [0.05, 0.1) is 5.56 Å². The van der Waals surface area contributed by atoms with Crippen LogP contribution in [0, 0.1) is 0 Å². The van der Waals surface area contributed by atoms with Crippen LogP contribution < -0.4 is 5.32 Å². The third-order valence-electron chi connectivity index (χ3n) is 4.61. The molecule has 3 heteroatoms. The molecule has 0 bridgehead atoms. The third kappa shape index (κ3) is 6.08. The van der Waals surface area contributed by atoms with E-state index in [-0.39, 0.29) is 0 Å². The second kappa shape index (κ2) is 9.50. The zero-order valence-corrected chi connectivity index (χ0v) is 13.5. The highest BCUT2D eigenvalue weighted by atomic mass is 16.4. The molecule has 1 fully saturated rings. The monoisotopic (exact) mass is 303 g/mol. The van der Waals surface area contributed by atoms with Crippen molar-refractivity contribution in [2.24, 2.45) is 0 Å². The highest BCUT2D eigenvalue weighted by Gasteiger charge is 2.10. The van der Waals surface area contributed by atoms with Crippen LogP contribution in [-0.2, 0) is 0 Å². The van der Waals surface area contributed by atoms with Gasteiger partial charge in [0.15, 0.2) is 0 Å². The molecule has 1 aliphatic carbocycles. The van der Waals surface area contributed by atoms with Crippen LogP contribution in [0.3, 0.4) is 0 Å². The van der Waals surface area contributed by atoms with Gasteiger partial charge in [0.2, 0.25) is 0 Å². The number of nitrogens with one attached hydrogen (secondary N) is 1. The average Bonchev–Trinajstić information content (AvgIpc) is 2.50. The maximum atomic E-state index is 10.9. The van der Waals surface area contributed by atoms with Crippen molar-refractivity contribution in [1.29, 1.82) is 0 Å². The predicted molar refractivity (Wildman–Crippen MR) is 91.6 cm³/mol. The molecule has 0 spiro atoms. The third-order valence-corrected chi connectivity index (χ3v) is 4.61. The van der Waals surface area contributed by atoms with Gasteiger partial charge in [-0.05, 0) is 37.1 Å². The molecule has 0 aliphatic heterocycles. The molecule has 0 saturated heterocycles. The van der Waals surface area contributed by atoms with Crippen LogP contribution in [0.15, 0.2) is 24.3 Å². The second-order valence-corrected chi connectivity index (χ2v) is 6.48. The van der Waals surface area contributed by atoms with E-state index in [9.17, 15) is 4.79 Å². The minimum atomic E-state index is -0.863. The van der Waals surface area contributed by atoms with Gasteiger partial charge in [-0.2, -0.15) is 0 Å². The predicted octanol–water partition coefficient (Wildman–Crippen LogP) is 5.47. The quantitative estimate of drug-likeness (QED) is 0.778. The molecule has 1 aromatic carbocycles. The first-order valence-corrected chi connectivity index (χ1v) is 8.85. The number of hydrogen-bond acceptors (Lipinski definition) is 2. The van der Waals surface area contributed by atoms with Gasteiger partial charge >= 0.3 is 5.97 Å². The van der Waals surface area contributed by atoms with E-state index in [0.717, 1.165) is 5.69 Å². The number of anilines is 1. The number of rotatable bonds is 3. The number of carboxylic acids is 1. The van der Waals surface area contributed by atoms with E-state index in [2.05, 4.69) is 5.32 Å². The lowest BCUT2D eigenvalue weighted by molar-refractivity contribution is 0.0697. The summed E-state index contributed by atoms with van der Waals surface area (Å²) in [5.74, 6) is -0.863. The molecular weight excluding hydrogens is 274 g/mol. The Bertz CT molecular complexity index is 429. The lowest BCUT2D eigenvalue weighted by Crippen LogP contribution is -2.19. The molecule has 0 amide bonds. The van der Waals surface area contributed by atoms with Gasteiger partial charge in [-0.1, -0.05) is 57.8 Å². The Labute approximate surface area is 134 Å². The summed E-state index contributed by atoms with van der Waals surface area (Å²) in [6.45, 7) is 0. The van der Waals surface area contributed by atoms with E-state index in [1.54, 1.807) is 12.1 Å². The van der Waals surface area contributed by atoms with Gasteiger partial charge in [-0.15, -0.1) is 0 Å². The minimum Gasteiger partial charge on any atom is -0.478 e. The van der Waals surface area contributed by atoms with E-state index >= 15 is 0 Å². The molecule has 0 heterocycles. The van der Waals surface area contributed by atoms with Crippen LogP contribution in [0.4, 0.5) is 5.69 Å². The summed E-state index contributed by atoms with van der Waals surface area (Å²) < 4.78 is 0. The van der Waals surface area contributed by atoms with Crippen molar-refractivity contribution in [2.75, 3.05) is 5.32 Å². The normalized spacial score (nSPS) is 18.9. The molecule has 0 atom stereocenters. The van der Waals surface area contributed by atoms with Crippen molar-refractivity contribution in [1.82, 2.24) is 0 Å². The molecule has 1 aromatic rings. The van der Waals surface area contributed by atoms with E-state index < -0.39 is 5.97 Å². The first-order chi connectivity index (χ1) is 10.8. The minimum absolute atomic E-state index is 0.351. The fraction of sp³-hybridized carbons (Fsp3) is 0.632. The van der Waals surface area contributed by atoms with Crippen LogP contribution in [0.2, 0.25) is 0 Å². The first kappa shape index (κ1) is 16.9. The fourth-order valence-corrected chi connectivity index (χ4v) is 3.25. The number of hydrogen-bond donors (Lipinski definition) is 2. The number of benzene rings is 1. The summed E-state index contributed by atoms with van der Waals surface area (Å²) in [4.78, 5) is 10.9. The van der Waals surface area contributed by atoms with Crippen molar-refractivity contribution in [2.45, 2.75) is 76.7 Å². The van der Waals surface area contributed by atoms with Crippen LogP contribution in [0.5, 0.6) is 0 Å². The number of aromatic carboxylic acids is 1. The van der Waals surface area contributed by atoms with Gasteiger partial charge in [0.1, 0.15) is 0 Å². The Morgan fingerprint density at radius 3 is 1.73 bits per heavy atom. The Kier molecular flexibility index (Phi) is 7.27.